The van der Waals surface area contributed by atoms with Crippen LogP contribution in [0, 0.1) is 0 Å². The minimum absolute atomic E-state index is 0.132. The fraction of sp³-hybridized carbons (Fsp3) is 0.786. The first-order chi connectivity index (χ1) is 10.5. The molecular weight excluding hydrogens is 284 g/mol. The van der Waals surface area contributed by atoms with Crippen molar-refractivity contribution in [1.82, 2.24) is 30.3 Å². The number of carbonyl (C=O) groups excluding carboxylic acids is 1. The number of hydrogen-bond donors (Lipinski definition) is 2. The minimum Gasteiger partial charge on any atom is -0.380 e. The molecule has 0 radical (unpaired) electrons. The van der Waals surface area contributed by atoms with Crippen LogP contribution in [0.25, 0.3) is 0 Å². The first-order valence-electron chi connectivity index (χ1n) is 7.66. The van der Waals surface area contributed by atoms with E-state index in [1.807, 2.05) is 25.5 Å². The molecule has 0 bridgehead atoms. The third-order valence-electron chi connectivity index (χ3n) is 3.85. The van der Waals surface area contributed by atoms with Crippen LogP contribution in [-0.2, 0) is 11.8 Å². The number of likely N-dealkylation sites (tertiary alicyclic amines) is 1. The van der Waals surface area contributed by atoms with Crippen molar-refractivity contribution in [2.75, 3.05) is 26.7 Å². The van der Waals surface area contributed by atoms with Gasteiger partial charge in [-0.3, -0.25) is 4.90 Å². The Morgan fingerprint density at radius 1 is 1.55 bits per heavy atom. The molecule has 2 N–H and O–H groups in total. The highest BCUT2D eigenvalue weighted by atomic mass is 16.5. The van der Waals surface area contributed by atoms with Crippen LogP contribution >= 0.6 is 0 Å². The van der Waals surface area contributed by atoms with Crippen molar-refractivity contribution in [1.29, 1.82) is 0 Å². The van der Waals surface area contributed by atoms with E-state index in [1.54, 1.807) is 13.4 Å². The predicted molar refractivity (Wildman–Crippen MR) is 82.4 cm³/mol. The molecule has 8 heteroatoms. The van der Waals surface area contributed by atoms with Gasteiger partial charge in [0, 0.05) is 39.8 Å². The average molecular weight is 310 g/mol. The Morgan fingerprint density at radius 2 is 2.32 bits per heavy atom. The van der Waals surface area contributed by atoms with E-state index in [0.29, 0.717) is 6.54 Å². The molecule has 1 aliphatic rings. The van der Waals surface area contributed by atoms with Gasteiger partial charge < -0.3 is 19.9 Å². The molecule has 1 aliphatic heterocycles. The summed E-state index contributed by atoms with van der Waals surface area (Å²) >= 11 is 0. The van der Waals surface area contributed by atoms with Gasteiger partial charge in [-0.2, -0.15) is 0 Å². The van der Waals surface area contributed by atoms with E-state index >= 15 is 0 Å². The molecule has 8 nitrogen and oxygen atoms in total. The number of nitrogens with one attached hydrogen (secondary N) is 2. The molecule has 1 aromatic heterocycles. The normalized spacial score (nSPS) is 22.2. The van der Waals surface area contributed by atoms with Crippen LogP contribution in [0.1, 0.15) is 32.1 Å². The van der Waals surface area contributed by atoms with E-state index in [1.165, 1.54) is 0 Å². The van der Waals surface area contributed by atoms with E-state index in [4.69, 9.17) is 4.74 Å². The fourth-order valence-electron chi connectivity index (χ4n) is 2.77. The Labute approximate surface area is 131 Å². The Hall–Kier alpha value is -1.67. The molecule has 0 unspecified atom stereocenters. The summed E-state index contributed by atoms with van der Waals surface area (Å²) in [4.78, 5) is 13.9. The average Bonchev–Trinajstić information content (AvgIpc) is 3.03. The molecule has 124 valence electrons. The van der Waals surface area contributed by atoms with Gasteiger partial charge in [-0.15, -0.1) is 10.2 Å². The van der Waals surface area contributed by atoms with Gasteiger partial charge in [0.1, 0.15) is 12.2 Å². The minimum atomic E-state index is -0.132. The number of nitrogens with zero attached hydrogens (tertiary/aromatic N) is 4. The molecule has 0 saturated carbocycles. The quantitative estimate of drug-likeness (QED) is 0.789. The maximum Gasteiger partial charge on any atom is 0.315 e. The zero-order valence-corrected chi connectivity index (χ0v) is 13.7. The molecule has 0 spiro atoms. The molecule has 0 aromatic carbocycles. The number of aryl methyl sites for hydroxylation is 1. The number of rotatable bonds is 6. The van der Waals surface area contributed by atoms with E-state index < -0.39 is 0 Å². The summed E-state index contributed by atoms with van der Waals surface area (Å²) < 4.78 is 7.43. The van der Waals surface area contributed by atoms with Crippen LogP contribution in [0.5, 0.6) is 0 Å². The second kappa shape index (κ2) is 7.55. The van der Waals surface area contributed by atoms with Crippen LogP contribution in [0.15, 0.2) is 6.33 Å². The smallest absolute Gasteiger partial charge is 0.315 e. The van der Waals surface area contributed by atoms with Gasteiger partial charge in [0.05, 0.1) is 12.1 Å². The van der Waals surface area contributed by atoms with E-state index in [0.717, 1.165) is 25.3 Å². The highest BCUT2D eigenvalue weighted by molar-refractivity contribution is 5.74. The summed E-state index contributed by atoms with van der Waals surface area (Å²) in [6.45, 7) is 6.05. The van der Waals surface area contributed by atoms with Crippen LogP contribution in [0.4, 0.5) is 4.79 Å². The lowest BCUT2D eigenvalue weighted by Crippen LogP contribution is -2.43. The maximum absolute atomic E-state index is 11.6. The molecule has 1 fully saturated rings. The zero-order valence-electron chi connectivity index (χ0n) is 13.7. The molecule has 2 rings (SSSR count). The van der Waals surface area contributed by atoms with Crippen molar-refractivity contribution < 1.29 is 9.53 Å². The predicted octanol–water partition coefficient (Wildman–Crippen LogP) is 0.285. The summed E-state index contributed by atoms with van der Waals surface area (Å²) in [5.41, 5.74) is 0. The second-order valence-corrected chi connectivity index (χ2v) is 5.96. The highest BCUT2D eigenvalue weighted by Gasteiger charge is 2.35. The third-order valence-corrected chi connectivity index (χ3v) is 3.85. The first kappa shape index (κ1) is 16.7. The number of urea groups is 1. The Morgan fingerprint density at radius 3 is 2.91 bits per heavy atom. The Bertz CT molecular complexity index is 489. The van der Waals surface area contributed by atoms with Crippen LogP contribution in [-0.4, -0.2) is 64.6 Å². The van der Waals surface area contributed by atoms with Gasteiger partial charge >= 0.3 is 6.03 Å². The Kier molecular flexibility index (Phi) is 5.73. The van der Waals surface area contributed by atoms with E-state index in [2.05, 4.69) is 25.7 Å². The number of methoxy groups -OCH3 is 1. The lowest BCUT2D eigenvalue weighted by atomic mass is 10.2. The van der Waals surface area contributed by atoms with E-state index in [-0.39, 0.29) is 24.2 Å². The molecule has 0 aliphatic carbocycles. The van der Waals surface area contributed by atoms with Gasteiger partial charge in [0.2, 0.25) is 0 Å². The summed E-state index contributed by atoms with van der Waals surface area (Å²) in [5.74, 6) is 0.936. The molecule has 2 amide bonds. The number of hydrogen-bond acceptors (Lipinski definition) is 5. The fourth-order valence-corrected chi connectivity index (χ4v) is 2.77. The lowest BCUT2D eigenvalue weighted by Gasteiger charge is -2.23. The van der Waals surface area contributed by atoms with Crippen LogP contribution in [0.2, 0.25) is 0 Å². The molecule has 2 heterocycles. The Balaban J connectivity index is 1.90. The number of amides is 2. The first-order valence-corrected chi connectivity index (χ1v) is 7.66. The number of carbonyl (C=O) groups is 1. The van der Waals surface area contributed by atoms with Gasteiger partial charge in [0.25, 0.3) is 0 Å². The van der Waals surface area contributed by atoms with Crippen molar-refractivity contribution in [3.05, 3.63) is 12.2 Å². The van der Waals surface area contributed by atoms with E-state index in [9.17, 15) is 4.79 Å². The molecule has 1 saturated heterocycles. The third kappa shape index (κ3) is 4.17. The zero-order chi connectivity index (χ0) is 16.1. The van der Waals surface area contributed by atoms with Gasteiger partial charge in [-0.25, -0.2) is 4.79 Å². The van der Waals surface area contributed by atoms with Crippen LogP contribution in [0.3, 0.4) is 0 Å². The number of aromatic nitrogens is 3. The van der Waals surface area contributed by atoms with Crippen molar-refractivity contribution in [3.8, 4) is 0 Å². The van der Waals surface area contributed by atoms with Crippen molar-refractivity contribution in [3.63, 3.8) is 0 Å². The molecular formula is C14H26N6O2. The maximum atomic E-state index is 11.6. The highest BCUT2D eigenvalue weighted by Crippen LogP contribution is 2.31. The topological polar surface area (TPSA) is 84.3 Å². The van der Waals surface area contributed by atoms with Crippen molar-refractivity contribution in [2.24, 2.45) is 7.05 Å². The van der Waals surface area contributed by atoms with Gasteiger partial charge in [-0.1, -0.05) is 0 Å². The lowest BCUT2D eigenvalue weighted by molar-refractivity contribution is 0.108. The summed E-state index contributed by atoms with van der Waals surface area (Å²) in [6, 6.07) is 0.177. The van der Waals surface area contributed by atoms with Crippen molar-refractivity contribution in [2.45, 2.75) is 38.5 Å². The standard InChI is InChI=1S/C14H26N6O2/c1-10(2)17-14(21)15-5-6-20-8-11(22-4)7-12(20)13-18-16-9-19(13)3/h9-12H,5-8H2,1-4H3,(H2,15,17,21)/t11-,12+/m1/s1. The second-order valence-electron chi connectivity index (χ2n) is 5.96. The van der Waals surface area contributed by atoms with Crippen molar-refractivity contribution >= 4 is 6.03 Å². The molecule has 1 aromatic rings. The summed E-state index contributed by atoms with van der Waals surface area (Å²) in [6.07, 6.45) is 2.79. The molecule has 2 atom stereocenters. The largest absolute Gasteiger partial charge is 0.380 e. The number of ether oxygens (including phenoxy) is 1. The summed E-state index contributed by atoms with van der Waals surface area (Å²) in [5, 5.41) is 13.9. The monoisotopic (exact) mass is 310 g/mol. The molecule has 22 heavy (non-hydrogen) atoms. The summed E-state index contributed by atoms with van der Waals surface area (Å²) in [7, 11) is 3.68. The van der Waals surface area contributed by atoms with Gasteiger partial charge in [0.15, 0.2) is 0 Å². The van der Waals surface area contributed by atoms with Crippen LogP contribution < -0.4 is 10.6 Å². The SMILES string of the molecule is CO[C@@H]1C[C@@H](c2nncn2C)N(CCNC(=O)NC(C)C)C1. The van der Waals surface area contributed by atoms with Gasteiger partial charge in [-0.05, 0) is 20.3 Å².